The van der Waals surface area contributed by atoms with Crippen molar-refractivity contribution in [2.75, 3.05) is 19.7 Å². The summed E-state index contributed by atoms with van der Waals surface area (Å²) < 4.78 is 3.40. The number of ketones is 1. The lowest BCUT2D eigenvalue weighted by molar-refractivity contribution is -0.113. The summed E-state index contributed by atoms with van der Waals surface area (Å²) in [6.07, 6.45) is 2.90. The standard InChI is InChI=1S/C22H18Cl3NO3/c23-22(24,25)15-29-21(28)26-13-18(11-16-7-3-1-4-8-16)20(27)19(14-26)12-17-9-5-2-6-10-17/h1-12H,13-15H2/b18-11-,19-12+. The molecule has 7 heteroatoms. The Morgan fingerprint density at radius 1 is 0.897 bits per heavy atom. The molecule has 4 nitrogen and oxygen atoms in total. The molecule has 1 aliphatic heterocycles. The Bertz CT molecular complexity index is 873. The van der Waals surface area contributed by atoms with Crippen LogP contribution in [0.1, 0.15) is 11.1 Å². The highest BCUT2D eigenvalue weighted by molar-refractivity contribution is 6.67. The zero-order valence-electron chi connectivity index (χ0n) is 15.4. The van der Waals surface area contributed by atoms with Gasteiger partial charge in [-0.05, 0) is 23.3 Å². The minimum atomic E-state index is -1.70. The number of rotatable bonds is 3. The third-order valence-electron chi connectivity index (χ3n) is 4.20. The molecule has 0 aromatic heterocycles. The van der Waals surface area contributed by atoms with Gasteiger partial charge in [0.15, 0.2) is 5.78 Å². The van der Waals surface area contributed by atoms with E-state index in [2.05, 4.69) is 0 Å². The predicted molar refractivity (Wildman–Crippen MR) is 117 cm³/mol. The zero-order valence-corrected chi connectivity index (χ0v) is 17.6. The van der Waals surface area contributed by atoms with Gasteiger partial charge in [0.05, 0.1) is 13.1 Å². The number of Topliss-reactive ketones (excluding diaryl/α,β-unsaturated/α-hetero) is 1. The van der Waals surface area contributed by atoms with Crippen LogP contribution in [-0.2, 0) is 9.53 Å². The van der Waals surface area contributed by atoms with Crippen LogP contribution in [0.4, 0.5) is 4.79 Å². The smallest absolute Gasteiger partial charge is 0.410 e. The Balaban J connectivity index is 1.90. The fourth-order valence-corrected chi connectivity index (χ4v) is 3.07. The number of benzene rings is 2. The summed E-state index contributed by atoms with van der Waals surface area (Å²) in [7, 11) is 0. The third kappa shape index (κ3) is 6.36. The van der Waals surface area contributed by atoms with Gasteiger partial charge in [0.2, 0.25) is 3.79 Å². The summed E-state index contributed by atoms with van der Waals surface area (Å²) in [5.74, 6) is -0.108. The number of halogens is 3. The predicted octanol–water partition coefficient (Wildman–Crippen LogP) is 5.55. The van der Waals surface area contributed by atoms with Gasteiger partial charge in [0.25, 0.3) is 0 Å². The molecule has 1 fully saturated rings. The van der Waals surface area contributed by atoms with Gasteiger partial charge in [0.1, 0.15) is 6.61 Å². The molecule has 0 N–H and O–H groups in total. The minimum Gasteiger partial charge on any atom is -0.445 e. The molecule has 1 amide bonds. The molecule has 0 aliphatic carbocycles. The number of amides is 1. The normalized spacial score (nSPS) is 17.6. The third-order valence-corrected chi connectivity index (χ3v) is 4.53. The van der Waals surface area contributed by atoms with Gasteiger partial charge in [-0.25, -0.2) is 4.79 Å². The van der Waals surface area contributed by atoms with Crippen LogP contribution in [0.25, 0.3) is 12.2 Å². The average molecular weight is 451 g/mol. The summed E-state index contributed by atoms with van der Waals surface area (Å²) in [5, 5.41) is 0. The fourth-order valence-electron chi connectivity index (χ4n) is 2.90. The maximum atomic E-state index is 13.0. The van der Waals surface area contributed by atoms with Crippen LogP contribution >= 0.6 is 34.8 Å². The van der Waals surface area contributed by atoms with Crippen molar-refractivity contribution in [3.05, 3.63) is 82.9 Å². The molecule has 1 aliphatic rings. The first kappa shape index (κ1) is 21.4. The number of ether oxygens (including phenoxy) is 1. The molecule has 1 heterocycles. The molecule has 1 saturated heterocycles. The maximum absolute atomic E-state index is 13.0. The van der Waals surface area contributed by atoms with Crippen LogP contribution in [-0.4, -0.2) is 40.3 Å². The number of likely N-dealkylation sites (tertiary alicyclic amines) is 1. The molecule has 0 atom stereocenters. The Kier molecular flexibility index (Phi) is 7.01. The fraction of sp³-hybridized carbons (Fsp3) is 0.182. The number of carbonyl (C=O) groups excluding carboxylic acids is 2. The molecule has 3 rings (SSSR count). The van der Waals surface area contributed by atoms with Crippen molar-refractivity contribution in [2.24, 2.45) is 0 Å². The van der Waals surface area contributed by atoms with E-state index in [1.807, 2.05) is 60.7 Å². The van der Waals surface area contributed by atoms with Gasteiger partial charge < -0.3 is 4.74 Å². The largest absolute Gasteiger partial charge is 0.445 e. The molecular formula is C22H18Cl3NO3. The van der Waals surface area contributed by atoms with Crippen molar-refractivity contribution in [3.8, 4) is 0 Å². The molecule has 29 heavy (non-hydrogen) atoms. The highest BCUT2D eigenvalue weighted by atomic mass is 35.6. The van der Waals surface area contributed by atoms with Crippen molar-refractivity contribution >= 4 is 58.8 Å². The molecular weight excluding hydrogens is 433 g/mol. The number of piperidine rings is 1. The van der Waals surface area contributed by atoms with Gasteiger partial charge >= 0.3 is 6.09 Å². The zero-order chi connectivity index (χ0) is 20.9. The number of alkyl halides is 3. The van der Waals surface area contributed by atoms with E-state index >= 15 is 0 Å². The van der Waals surface area contributed by atoms with Gasteiger partial charge in [-0.15, -0.1) is 0 Å². The number of hydrogen-bond donors (Lipinski definition) is 0. The van der Waals surface area contributed by atoms with E-state index in [0.29, 0.717) is 11.1 Å². The van der Waals surface area contributed by atoms with Gasteiger partial charge in [-0.2, -0.15) is 0 Å². The Morgan fingerprint density at radius 2 is 1.34 bits per heavy atom. The molecule has 0 spiro atoms. The second kappa shape index (κ2) is 9.49. The van der Waals surface area contributed by atoms with Gasteiger partial charge in [-0.3, -0.25) is 9.69 Å². The van der Waals surface area contributed by atoms with Crippen molar-refractivity contribution < 1.29 is 14.3 Å². The van der Waals surface area contributed by atoms with E-state index in [0.717, 1.165) is 11.1 Å². The first-order chi connectivity index (χ1) is 13.8. The number of nitrogens with zero attached hydrogens (tertiary/aromatic N) is 1. The highest BCUT2D eigenvalue weighted by Crippen LogP contribution is 2.27. The second-order valence-electron chi connectivity index (χ2n) is 6.52. The van der Waals surface area contributed by atoms with Crippen LogP contribution in [0.3, 0.4) is 0 Å². The van der Waals surface area contributed by atoms with Crippen LogP contribution in [0.15, 0.2) is 71.8 Å². The lowest BCUT2D eigenvalue weighted by atomic mass is 9.94. The second-order valence-corrected chi connectivity index (χ2v) is 9.03. The van der Waals surface area contributed by atoms with E-state index < -0.39 is 9.89 Å². The van der Waals surface area contributed by atoms with Gasteiger partial charge in [0, 0.05) is 11.1 Å². The quantitative estimate of drug-likeness (QED) is 0.455. The first-order valence-corrected chi connectivity index (χ1v) is 9.99. The Labute approximate surface area is 184 Å². The summed E-state index contributed by atoms with van der Waals surface area (Å²) in [6, 6.07) is 18.9. The minimum absolute atomic E-state index is 0.108. The molecule has 0 unspecified atom stereocenters. The van der Waals surface area contributed by atoms with Crippen LogP contribution in [0.5, 0.6) is 0 Å². The van der Waals surface area contributed by atoms with E-state index in [1.165, 1.54) is 4.90 Å². The van der Waals surface area contributed by atoms with E-state index in [-0.39, 0.29) is 25.5 Å². The SMILES string of the molecule is O=C1/C(=C\c2ccccc2)CN(C(=O)OCC(Cl)(Cl)Cl)C/C1=C\c1ccccc1. The Morgan fingerprint density at radius 3 is 1.76 bits per heavy atom. The van der Waals surface area contributed by atoms with Crippen molar-refractivity contribution in [1.82, 2.24) is 4.90 Å². The van der Waals surface area contributed by atoms with Crippen molar-refractivity contribution in [1.29, 1.82) is 0 Å². The van der Waals surface area contributed by atoms with Crippen LogP contribution < -0.4 is 0 Å². The summed E-state index contributed by atoms with van der Waals surface area (Å²) in [4.78, 5) is 27.0. The Hall–Kier alpha value is -2.27. The summed E-state index contributed by atoms with van der Waals surface area (Å²) >= 11 is 17.0. The topological polar surface area (TPSA) is 46.6 Å². The molecule has 2 aromatic rings. The monoisotopic (exact) mass is 449 g/mol. The van der Waals surface area contributed by atoms with Crippen LogP contribution in [0, 0.1) is 0 Å². The maximum Gasteiger partial charge on any atom is 0.410 e. The number of carbonyl (C=O) groups is 2. The highest BCUT2D eigenvalue weighted by Gasteiger charge is 2.31. The molecule has 0 bridgehead atoms. The average Bonchev–Trinajstić information content (AvgIpc) is 2.70. The van der Waals surface area contributed by atoms with Crippen molar-refractivity contribution in [2.45, 2.75) is 3.79 Å². The van der Waals surface area contributed by atoms with E-state index in [1.54, 1.807) is 12.2 Å². The summed E-state index contributed by atoms with van der Waals surface area (Å²) in [5.41, 5.74) is 2.70. The molecule has 150 valence electrons. The lowest BCUT2D eigenvalue weighted by Gasteiger charge is -2.29. The van der Waals surface area contributed by atoms with Gasteiger partial charge in [-0.1, -0.05) is 95.5 Å². The summed E-state index contributed by atoms with van der Waals surface area (Å²) in [6.45, 7) is -0.159. The molecule has 0 saturated carbocycles. The van der Waals surface area contributed by atoms with Crippen LogP contribution in [0.2, 0.25) is 0 Å². The van der Waals surface area contributed by atoms with E-state index in [9.17, 15) is 9.59 Å². The first-order valence-electron chi connectivity index (χ1n) is 8.86. The molecule has 0 radical (unpaired) electrons. The number of hydrogen-bond acceptors (Lipinski definition) is 3. The lowest BCUT2D eigenvalue weighted by Crippen LogP contribution is -2.42. The molecule has 2 aromatic carbocycles. The van der Waals surface area contributed by atoms with Crippen molar-refractivity contribution in [3.63, 3.8) is 0 Å². The van der Waals surface area contributed by atoms with E-state index in [4.69, 9.17) is 39.5 Å².